The molecule has 0 radical (unpaired) electrons. The van der Waals surface area contributed by atoms with Gasteiger partial charge in [0.15, 0.2) is 5.82 Å². The first-order valence-corrected chi connectivity index (χ1v) is 11.1. The zero-order chi connectivity index (χ0) is 23.4. The molecule has 33 heavy (non-hydrogen) atoms. The molecule has 0 bridgehead atoms. The fourth-order valence-electron chi connectivity index (χ4n) is 4.05. The molecule has 1 amide bonds. The van der Waals surface area contributed by atoms with Crippen molar-refractivity contribution in [2.45, 2.75) is 39.4 Å². The highest BCUT2D eigenvalue weighted by molar-refractivity contribution is 5.94. The molecule has 1 aliphatic heterocycles. The topological polar surface area (TPSA) is 72.3 Å². The molecule has 3 aromatic rings. The molecule has 174 valence electrons. The molecule has 1 aromatic heterocycles. The van der Waals surface area contributed by atoms with Crippen molar-refractivity contribution in [2.24, 2.45) is 0 Å². The molecule has 7 nitrogen and oxygen atoms in total. The predicted octanol–water partition coefficient (Wildman–Crippen LogP) is 3.50. The molecular formula is C24H27F2N5O2. The van der Waals surface area contributed by atoms with Crippen LogP contribution in [0.2, 0.25) is 0 Å². The number of ether oxygens (including phenoxy) is 1. The van der Waals surface area contributed by atoms with Crippen LogP contribution in [0.25, 0.3) is 0 Å². The van der Waals surface area contributed by atoms with Crippen LogP contribution in [0.4, 0.5) is 8.78 Å². The Morgan fingerprint density at radius 3 is 2.79 bits per heavy atom. The SMILES string of the molecule is CCOc1ccccc1CN1CCc2nnc([C@H](C)NC(=O)c3cc(F)ccc3F)n2CC1. The van der Waals surface area contributed by atoms with Crippen LogP contribution < -0.4 is 10.1 Å². The number of benzene rings is 2. The maximum Gasteiger partial charge on any atom is 0.254 e. The summed E-state index contributed by atoms with van der Waals surface area (Å²) in [6, 6.07) is 10.3. The normalized spacial score (nSPS) is 14.9. The quantitative estimate of drug-likeness (QED) is 0.590. The molecule has 0 saturated heterocycles. The van der Waals surface area contributed by atoms with Crippen molar-refractivity contribution in [3.05, 3.63) is 76.9 Å². The third-order valence-corrected chi connectivity index (χ3v) is 5.72. The molecule has 2 heterocycles. The number of amides is 1. The predicted molar refractivity (Wildman–Crippen MR) is 119 cm³/mol. The van der Waals surface area contributed by atoms with Crippen molar-refractivity contribution in [1.82, 2.24) is 25.0 Å². The zero-order valence-electron chi connectivity index (χ0n) is 18.7. The van der Waals surface area contributed by atoms with E-state index in [9.17, 15) is 13.6 Å². The lowest BCUT2D eigenvalue weighted by molar-refractivity contribution is 0.0933. The first-order chi connectivity index (χ1) is 16.0. The fourth-order valence-corrected chi connectivity index (χ4v) is 4.05. The minimum atomic E-state index is -0.774. The van der Waals surface area contributed by atoms with Crippen LogP contribution in [-0.2, 0) is 19.5 Å². The second kappa shape index (κ2) is 10.1. The molecule has 4 rings (SSSR count). The summed E-state index contributed by atoms with van der Waals surface area (Å²) in [6.45, 7) is 7.35. The van der Waals surface area contributed by atoms with Gasteiger partial charge in [0.2, 0.25) is 0 Å². The average Bonchev–Trinajstić information content (AvgIpc) is 3.11. The Labute approximate surface area is 191 Å². The Morgan fingerprint density at radius 1 is 1.15 bits per heavy atom. The lowest BCUT2D eigenvalue weighted by Crippen LogP contribution is -2.30. The monoisotopic (exact) mass is 455 g/mol. The molecule has 1 aliphatic rings. The van der Waals surface area contributed by atoms with Gasteiger partial charge in [0.1, 0.15) is 23.2 Å². The summed E-state index contributed by atoms with van der Waals surface area (Å²) in [6.07, 6.45) is 0.711. The summed E-state index contributed by atoms with van der Waals surface area (Å²) >= 11 is 0. The maximum absolute atomic E-state index is 14.0. The number of hydrogen-bond acceptors (Lipinski definition) is 5. The lowest BCUT2D eigenvalue weighted by atomic mass is 10.1. The van der Waals surface area contributed by atoms with E-state index in [0.717, 1.165) is 55.0 Å². The second-order valence-electron chi connectivity index (χ2n) is 8.01. The van der Waals surface area contributed by atoms with Gasteiger partial charge in [-0.3, -0.25) is 9.69 Å². The Bertz CT molecular complexity index is 1130. The van der Waals surface area contributed by atoms with Gasteiger partial charge >= 0.3 is 0 Å². The fraction of sp³-hybridized carbons (Fsp3) is 0.375. The van der Waals surface area contributed by atoms with Crippen molar-refractivity contribution >= 4 is 5.91 Å². The van der Waals surface area contributed by atoms with Crippen LogP contribution >= 0.6 is 0 Å². The number of hydrogen-bond donors (Lipinski definition) is 1. The minimum absolute atomic E-state index is 0.336. The molecule has 0 unspecified atom stereocenters. The Balaban J connectivity index is 1.44. The summed E-state index contributed by atoms with van der Waals surface area (Å²) in [5, 5.41) is 11.3. The van der Waals surface area contributed by atoms with Gasteiger partial charge in [0.05, 0.1) is 18.2 Å². The van der Waals surface area contributed by atoms with Gasteiger partial charge in [0.25, 0.3) is 5.91 Å². The van der Waals surface area contributed by atoms with Crippen LogP contribution in [0.1, 0.15) is 47.5 Å². The Kier molecular flexibility index (Phi) is 6.98. The van der Waals surface area contributed by atoms with Gasteiger partial charge < -0.3 is 14.6 Å². The van der Waals surface area contributed by atoms with Crippen molar-refractivity contribution < 1.29 is 18.3 Å². The van der Waals surface area contributed by atoms with Crippen LogP contribution in [0, 0.1) is 11.6 Å². The summed E-state index contributed by atoms with van der Waals surface area (Å²) < 4.78 is 35.2. The van der Waals surface area contributed by atoms with Gasteiger partial charge in [-0.25, -0.2) is 8.78 Å². The molecule has 2 aromatic carbocycles. The molecular weight excluding hydrogens is 428 g/mol. The number of rotatable bonds is 7. The number of carbonyl (C=O) groups excluding carboxylic acids is 1. The number of aromatic nitrogens is 3. The van der Waals surface area contributed by atoms with Crippen LogP contribution in [0.15, 0.2) is 42.5 Å². The van der Waals surface area contributed by atoms with E-state index in [0.29, 0.717) is 25.4 Å². The zero-order valence-corrected chi connectivity index (χ0v) is 18.7. The average molecular weight is 456 g/mol. The van der Waals surface area contributed by atoms with Crippen molar-refractivity contribution in [3.63, 3.8) is 0 Å². The van der Waals surface area contributed by atoms with Gasteiger partial charge in [-0.1, -0.05) is 18.2 Å². The Morgan fingerprint density at radius 2 is 1.97 bits per heavy atom. The molecule has 1 atom stereocenters. The van der Waals surface area contributed by atoms with Crippen LogP contribution in [0.3, 0.4) is 0 Å². The number of nitrogens with one attached hydrogen (secondary N) is 1. The highest BCUT2D eigenvalue weighted by atomic mass is 19.1. The maximum atomic E-state index is 14.0. The molecule has 0 aliphatic carbocycles. The molecule has 9 heteroatoms. The van der Waals surface area contributed by atoms with Crippen molar-refractivity contribution in [1.29, 1.82) is 0 Å². The van der Waals surface area contributed by atoms with Gasteiger partial charge in [-0.15, -0.1) is 10.2 Å². The van der Waals surface area contributed by atoms with Crippen molar-refractivity contribution in [2.75, 3.05) is 19.7 Å². The lowest BCUT2D eigenvalue weighted by Gasteiger charge is -2.21. The number of carbonyl (C=O) groups is 1. The van der Waals surface area contributed by atoms with E-state index in [1.807, 2.05) is 29.7 Å². The van der Waals surface area contributed by atoms with E-state index in [-0.39, 0.29) is 5.56 Å². The molecule has 1 N–H and O–H groups in total. The first-order valence-electron chi connectivity index (χ1n) is 11.1. The number of halogens is 2. The summed E-state index contributed by atoms with van der Waals surface area (Å²) in [5.41, 5.74) is 0.798. The Hall–Kier alpha value is -3.33. The molecule has 0 spiro atoms. The van der Waals surface area contributed by atoms with Crippen LogP contribution in [0.5, 0.6) is 5.75 Å². The summed E-state index contributed by atoms with van der Waals surface area (Å²) in [4.78, 5) is 14.8. The third kappa shape index (κ3) is 5.19. The van der Waals surface area contributed by atoms with E-state index in [2.05, 4.69) is 26.5 Å². The highest BCUT2D eigenvalue weighted by Crippen LogP contribution is 2.22. The molecule has 0 fully saturated rings. The van der Waals surface area contributed by atoms with E-state index < -0.39 is 23.6 Å². The highest BCUT2D eigenvalue weighted by Gasteiger charge is 2.24. The first kappa shape index (κ1) is 22.8. The summed E-state index contributed by atoms with van der Waals surface area (Å²) in [5.74, 6) is 0.181. The number of para-hydroxylation sites is 1. The third-order valence-electron chi connectivity index (χ3n) is 5.72. The van der Waals surface area contributed by atoms with Gasteiger partial charge in [-0.05, 0) is 38.1 Å². The summed E-state index contributed by atoms with van der Waals surface area (Å²) in [7, 11) is 0. The number of nitrogens with zero attached hydrogens (tertiary/aromatic N) is 4. The standard InChI is InChI=1S/C24H27F2N5O2/c1-3-33-21-7-5-4-6-17(21)15-30-11-10-22-28-29-23(31(22)13-12-30)16(2)27-24(32)19-14-18(25)8-9-20(19)26/h4-9,14,16H,3,10-13,15H2,1-2H3,(H,27,32)/t16-/m0/s1. The molecule has 0 saturated carbocycles. The smallest absolute Gasteiger partial charge is 0.254 e. The van der Waals surface area contributed by atoms with Gasteiger partial charge in [0, 0.05) is 38.2 Å². The van der Waals surface area contributed by atoms with E-state index >= 15 is 0 Å². The van der Waals surface area contributed by atoms with E-state index in [4.69, 9.17) is 4.74 Å². The van der Waals surface area contributed by atoms with E-state index in [1.165, 1.54) is 0 Å². The minimum Gasteiger partial charge on any atom is -0.494 e. The number of fused-ring (bicyclic) bond motifs is 1. The van der Waals surface area contributed by atoms with Crippen molar-refractivity contribution in [3.8, 4) is 5.75 Å². The van der Waals surface area contributed by atoms with Crippen LogP contribution in [-0.4, -0.2) is 45.3 Å². The van der Waals surface area contributed by atoms with E-state index in [1.54, 1.807) is 6.92 Å². The second-order valence-corrected chi connectivity index (χ2v) is 8.01. The van der Waals surface area contributed by atoms with Gasteiger partial charge in [-0.2, -0.15) is 0 Å². The largest absolute Gasteiger partial charge is 0.494 e.